The van der Waals surface area contributed by atoms with E-state index in [9.17, 15) is 8.42 Å². The zero-order chi connectivity index (χ0) is 14.8. The molecule has 6 heteroatoms. The molecular weight excluding hydrogens is 278 g/mol. The molecule has 0 spiro atoms. The van der Waals surface area contributed by atoms with Crippen LogP contribution in [0.15, 0.2) is 0 Å². The van der Waals surface area contributed by atoms with Crippen molar-refractivity contribution in [1.82, 2.24) is 0 Å². The Morgan fingerprint density at radius 2 is 1.95 bits per heavy atom. The van der Waals surface area contributed by atoms with E-state index < -0.39 is 9.84 Å². The molecule has 5 nitrogen and oxygen atoms in total. The first-order chi connectivity index (χ1) is 9.39. The zero-order valence-corrected chi connectivity index (χ0v) is 13.3. The minimum Gasteiger partial charge on any atom is -0.381 e. The van der Waals surface area contributed by atoms with Gasteiger partial charge < -0.3 is 15.2 Å². The normalized spacial score (nSPS) is 32.8. The average molecular weight is 305 g/mol. The monoisotopic (exact) mass is 305 g/mol. The van der Waals surface area contributed by atoms with Crippen LogP contribution in [0.25, 0.3) is 0 Å². The van der Waals surface area contributed by atoms with Gasteiger partial charge in [0.25, 0.3) is 0 Å². The highest BCUT2D eigenvalue weighted by molar-refractivity contribution is 7.91. The summed E-state index contributed by atoms with van der Waals surface area (Å²) < 4.78 is 34.7. The van der Waals surface area contributed by atoms with E-state index in [1.54, 1.807) is 7.11 Å². The van der Waals surface area contributed by atoms with E-state index in [2.05, 4.69) is 0 Å². The van der Waals surface area contributed by atoms with Gasteiger partial charge in [0.05, 0.1) is 10.9 Å². The molecule has 118 valence electrons. The number of ether oxygens (including phenoxy) is 2. The fourth-order valence-corrected chi connectivity index (χ4v) is 4.91. The number of methoxy groups -OCH3 is 1. The smallest absolute Gasteiger partial charge is 0.150 e. The van der Waals surface area contributed by atoms with Gasteiger partial charge in [-0.25, -0.2) is 8.42 Å². The molecule has 2 rings (SSSR count). The van der Waals surface area contributed by atoms with Crippen LogP contribution in [0.1, 0.15) is 38.5 Å². The van der Waals surface area contributed by atoms with E-state index in [0.29, 0.717) is 19.6 Å². The van der Waals surface area contributed by atoms with E-state index >= 15 is 0 Å². The van der Waals surface area contributed by atoms with Crippen LogP contribution >= 0.6 is 0 Å². The third-order valence-electron chi connectivity index (χ3n) is 5.13. The molecule has 0 bridgehead atoms. The highest BCUT2D eigenvalue weighted by atomic mass is 32.2. The average Bonchev–Trinajstić information content (AvgIpc) is 2.46. The lowest BCUT2D eigenvalue weighted by molar-refractivity contribution is -0.115. The van der Waals surface area contributed by atoms with Crippen molar-refractivity contribution >= 4 is 9.84 Å². The Balaban J connectivity index is 2.09. The SMILES string of the molecule is COC1(C(N)C2CCCC(S(C)(=O)=O)C2)CCOCC1. The molecule has 1 saturated heterocycles. The minimum atomic E-state index is -2.97. The molecule has 3 unspecified atom stereocenters. The van der Waals surface area contributed by atoms with Crippen molar-refractivity contribution in [3.05, 3.63) is 0 Å². The van der Waals surface area contributed by atoms with Crippen LogP contribution in [0, 0.1) is 5.92 Å². The molecule has 0 aromatic rings. The molecule has 0 radical (unpaired) electrons. The maximum atomic E-state index is 11.8. The van der Waals surface area contributed by atoms with Gasteiger partial charge in [0.2, 0.25) is 0 Å². The molecule has 1 aliphatic carbocycles. The van der Waals surface area contributed by atoms with E-state index in [0.717, 1.165) is 32.1 Å². The fraction of sp³-hybridized carbons (Fsp3) is 1.00. The van der Waals surface area contributed by atoms with Crippen LogP contribution in [0.4, 0.5) is 0 Å². The Labute approximate surface area is 122 Å². The molecule has 1 heterocycles. The van der Waals surface area contributed by atoms with Crippen molar-refractivity contribution in [3.63, 3.8) is 0 Å². The van der Waals surface area contributed by atoms with Crippen LogP contribution in [0.5, 0.6) is 0 Å². The van der Waals surface area contributed by atoms with Gasteiger partial charge in [0.1, 0.15) is 9.84 Å². The highest BCUT2D eigenvalue weighted by Gasteiger charge is 2.44. The lowest BCUT2D eigenvalue weighted by Gasteiger charge is -2.45. The van der Waals surface area contributed by atoms with Gasteiger partial charge in [-0.15, -0.1) is 0 Å². The molecule has 1 saturated carbocycles. The molecule has 3 atom stereocenters. The first-order valence-electron chi connectivity index (χ1n) is 7.46. The van der Waals surface area contributed by atoms with E-state index in [1.165, 1.54) is 6.26 Å². The first kappa shape index (κ1) is 16.2. The summed E-state index contributed by atoms with van der Waals surface area (Å²) in [6.45, 7) is 1.34. The number of sulfone groups is 1. The molecule has 0 aromatic carbocycles. The summed E-state index contributed by atoms with van der Waals surface area (Å²) in [6, 6.07) is -0.110. The second-order valence-electron chi connectivity index (χ2n) is 6.29. The number of nitrogens with two attached hydrogens (primary N) is 1. The first-order valence-corrected chi connectivity index (χ1v) is 9.42. The third kappa shape index (κ3) is 3.35. The van der Waals surface area contributed by atoms with Crippen molar-refractivity contribution in [2.45, 2.75) is 55.4 Å². The van der Waals surface area contributed by atoms with E-state index in [4.69, 9.17) is 15.2 Å². The fourth-order valence-electron chi connectivity index (χ4n) is 3.72. The Hall–Kier alpha value is -0.170. The summed E-state index contributed by atoms with van der Waals surface area (Å²) in [5.74, 6) is 0.224. The topological polar surface area (TPSA) is 78.6 Å². The van der Waals surface area contributed by atoms with Crippen molar-refractivity contribution in [2.75, 3.05) is 26.6 Å². The maximum absolute atomic E-state index is 11.8. The predicted molar refractivity (Wildman–Crippen MR) is 78.4 cm³/mol. The standard InChI is InChI=1S/C14H27NO4S/c1-18-14(6-8-19-9-7-14)13(15)11-4-3-5-12(10-11)20(2,16)17/h11-13H,3-10,15H2,1-2H3. The summed E-state index contributed by atoms with van der Waals surface area (Å²) >= 11 is 0. The van der Waals surface area contributed by atoms with Crippen LogP contribution in [0.2, 0.25) is 0 Å². The summed E-state index contributed by atoms with van der Waals surface area (Å²) in [4.78, 5) is 0. The predicted octanol–water partition coefficient (Wildman–Crippen LogP) is 1.11. The summed E-state index contributed by atoms with van der Waals surface area (Å²) in [7, 11) is -1.26. The minimum absolute atomic E-state index is 0.110. The van der Waals surface area contributed by atoms with E-state index in [1.807, 2.05) is 0 Å². The summed E-state index contributed by atoms with van der Waals surface area (Å²) in [5.41, 5.74) is 6.15. The lowest BCUT2D eigenvalue weighted by Crippen LogP contribution is -2.57. The van der Waals surface area contributed by atoms with Crippen LogP contribution in [-0.4, -0.2) is 51.9 Å². The molecule has 20 heavy (non-hydrogen) atoms. The van der Waals surface area contributed by atoms with Gasteiger partial charge in [-0.05, 0) is 25.2 Å². The zero-order valence-electron chi connectivity index (χ0n) is 12.5. The quantitative estimate of drug-likeness (QED) is 0.842. The second-order valence-corrected chi connectivity index (χ2v) is 8.61. The Kier molecular flexibility index (Phi) is 5.10. The lowest BCUT2D eigenvalue weighted by atomic mass is 9.74. The second kappa shape index (κ2) is 6.30. The molecule has 0 amide bonds. The van der Waals surface area contributed by atoms with E-state index in [-0.39, 0.29) is 22.8 Å². The van der Waals surface area contributed by atoms with Crippen LogP contribution in [-0.2, 0) is 19.3 Å². The number of rotatable bonds is 4. The molecule has 2 aliphatic rings. The van der Waals surface area contributed by atoms with Gasteiger partial charge in [-0.1, -0.05) is 6.42 Å². The molecule has 0 aromatic heterocycles. The summed E-state index contributed by atoms with van der Waals surface area (Å²) in [5, 5.41) is -0.235. The van der Waals surface area contributed by atoms with Crippen molar-refractivity contribution in [2.24, 2.45) is 11.7 Å². The largest absolute Gasteiger partial charge is 0.381 e. The molecular formula is C14H27NO4S. The maximum Gasteiger partial charge on any atom is 0.150 e. The van der Waals surface area contributed by atoms with Crippen LogP contribution in [0.3, 0.4) is 0 Å². The Bertz CT molecular complexity index is 417. The van der Waals surface area contributed by atoms with Gasteiger partial charge in [-0.3, -0.25) is 0 Å². The van der Waals surface area contributed by atoms with Gasteiger partial charge in [0, 0.05) is 45.5 Å². The number of hydrogen-bond acceptors (Lipinski definition) is 5. The van der Waals surface area contributed by atoms with Crippen LogP contribution < -0.4 is 5.73 Å². The highest BCUT2D eigenvalue weighted by Crippen LogP contribution is 2.38. The van der Waals surface area contributed by atoms with Crippen molar-refractivity contribution < 1.29 is 17.9 Å². The molecule has 2 N–H and O–H groups in total. The summed E-state index contributed by atoms with van der Waals surface area (Å²) in [6.07, 6.45) is 6.31. The third-order valence-corrected chi connectivity index (χ3v) is 6.77. The van der Waals surface area contributed by atoms with Crippen molar-refractivity contribution in [3.8, 4) is 0 Å². The van der Waals surface area contributed by atoms with Gasteiger partial charge >= 0.3 is 0 Å². The van der Waals surface area contributed by atoms with Gasteiger partial charge in [0.15, 0.2) is 0 Å². The Morgan fingerprint density at radius 3 is 2.50 bits per heavy atom. The molecule has 1 aliphatic heterocycles. The molecule has 2 fully saturated rings. The number of hydrogen-bond donors (Lipinski definition) is 1. The van der Waals surface area contributed by atoms with Crippen molar-refractivity contribution in [1.29, 1.82) is 0 Å². The Morgan fingerprint density at radius 1 is 1.30 bits per heavy atom. The van der Waals surface area contributed by atoms with Gasteiger partial charge in [-0.2, -0.15) is 0 Å².